The molecule has 3 N–H and O–H groups in total. The molecule has 3 rings (SSSR count). The molecular formula is C26H36N4O5S2. The number of sulfone groups is 1. The topological polar surface area (TPSA) is 130 Å². The lowest BCUT2D eigenvalue weighted by Gasteiger charge is -2.23. The normalized spacial score (nSPS) is 14.0. The first-order chi connectivity index (χ1) is 17.5. The third-order valence-corrected chi connectivity index (χ3v) is 9.76. The summed E-state index contributed by atoms with van der Waals surface area (Å²) < 4.78 is 57.6. The standard InChI is InChI=1S/C26H36N4O5S2/c1-5-20(4)25(17-31)29-21-6-8-22(9-7-21)36(32,33)23-10-11-24(19(2)3)26(16-23)37(34,35)28-13-15-30-14-12-27-18-30/h6-12,14,16,18-20,25,28-29,31H,5,13,15,17H2,1-4H3/t20-,25?/m0/s1. The smallest absolute Gasteiger partial charge is 0.240 e. The van der Waals surface area contributed by atoms with Crippen LogP contribution in [0.25, 0.3) is 0 Å². The van der Waals surface area contributed by atoms with Crippen molar-refractivity contribution < 1.29 is 21.9 Å². The van der Waals surface area contributed by atoms with Gasteiger partial charge in [0.1, 0.15) is 0 Å². The molecule has 1 aromatic heterocycles. The lowest BCUT2D eigenvalue weighted by atomic mass is 10.00. The van der Waals surface area contributed by atoms with E-state index in [2.05, 4.69) is 15.0 Å². The Kier molecular flexibility index (Phi) is 9.51. The molecule has 11 heteroatoms. The van der Waals surface area contributed by atoms with Gasteiger partial charge in [0.05, 0.1) is 33.7 Å². The third kappa shape index (κ3) is 6.98. The largest absolute Gasteiger partial charge is 0.394 e. The minimum absolute atomic E-state index is 0.0368. The van der Waals surface area contributed by atoms with Gasteiger partial charge in [-0.2, -0.15) is 0 Å². The van der Waals surface area contributed by atoms with Gasteiger partial charge < -0.3 is 15.0 Å². The first-order valence-corrected chi connectivity index (χ1v) is 15.3. The first-order valence-electron chi connectivity index (χ1n) is 12.3. The molecule has 37 heavy (non-hydrogen) atoms. The Labute approximate surface area is 219 Å². The summed E-state index contributed by atoms with van der Waals surface area (Å²) in [6.07, 6.45) is 5.83. The highest BCUT2D eigenvalue weighted by Gasteiger charge is 2.25. The SMILES string of the molecule is CC[C@H](C)C(CO)Nc1ccc(S(=O)(=O)c2ccc(C(C)C)c(S(=O)(=O)NCCn3ccnc3)c2)cc1. The first kappa shape index (κ1) is 28.8. The quantitative estimate of drug-likeness (QED) is 0.297. The monoisotopic (exact) mass is 548 g/mol. The van der Waals surface area contributed by atoms with Crippen molar-refractivity contribution in [2.75, 3.05) is 18.5 Å². The summed E-state index contributed by atoms with van der Waals surface area (Å²) in [5.41, 5.74) is 1.23. The van der Waals surface area contributed by atoms with Crippen molar-refractivity contribution in [3.8, 4) is 0 Å². The molecule has 0 aliphatic heterocycles. The third-order valence-electron chi connectivity index (χ3n) is 6.47. The van der Waals surface area contributed by atoms with Crippen molar-refractivity contribution in [2.45, 2.75) is 67.3 Å². The number of rotatable bonds is 13. The maximum atomic E-state index is 13.4. The zero-order chi connectivity index (χ0) is 27.2. The van der Waals surface area contributed by atoms with Crippen molar-refractivity contribution in [1.29, 1.82) is 0 Å². The van der Waals surface area contributed by atoms with E-state index < -0.39 is 19.9 Å². The predicted molar refractivity (Wildman–Crippen MR) is 144 cm³/mol. The molecule has 3 aromatic rings. The molecule has 0 aliphatic carbocycles. The van der Waals surface area contributed by atoms with Crippen LogP contribution in [0.2, 0.25) is 0 Å². The highest BCUT2D eigenvalue weighted by atomic mass is 32.2. The number of hydrogen-bond acceptors (Lipinski definition) is 7. The minimum atomic E-state index is -3.97. The average Bonchev–Trinajstić information content (AvgIpc) is 3.40. The van der Waals surface area contributed by atoms with E-state index in [1.54, 1.807) is 41.5 Å². The maximum absolute atomic E-state index is 13.4. The Morgan fingerprint density at radius 1 is 1.00 bits per heavy atom. The fourth-order valence-electron chi connectivity index (χ4n) is 3.93. The van der Waals surface area contributed by atoms with Crippen molar-refractivity contribution >= 4 is 25.5 Å². The van der Waals surface area contributed by atoms with E-state index in [4.69, 9.17) is 0 Å². The molecule has 1 unspecified atom stereocenters. The number of hydrogen-bond donors (Lipinski definition) is 3. The molecule has 202 valence electrons. The number of aliphatic hydroxyl groups excluding tert-OH is 1. The Morgan fingerprint density at radius 3 is 2.24 bits per heavy atom. The number of anilines is 1. The highest BCUT2D eigenvalue weighted by molar-refractivity contribution is 7.91. The Hall–Kier alpha value is -2.73. The zero-order valence-electron chi connectivity index (χ0n) is 21.6. The summed E-state index contributed by atoms with van der Waals surface area (Å²) in [4.78, 5) is 3.84. The van der Waals surface area contributed by atoms with Crippen LogP contribution in [-0.4, -0.2) is 50.7 Å². The molecular weight excluding hydrogens is 512 g/mol. The molecule has 1 heterocycles. The molecule has 0 amide bonds. The van der Waals surface area contributed by atoms with Crippen LogP contribution in [0.1, 0.15) is 45.6 Å². The number of imidazole rings is 1. The summed E-state index contributed by atoms with van der Waals surface area (Å²) in [7, 11) is -7.94. The molecule has 0 fully saturated rings. The van der Waals surface area contributed by atoms with E-state index in [1.807, 2.05) is 27.7 Å². The van der Waals surface area contributed by atoms with Gasteiger partial charge in [0.15, 0.2) is 0 Å². The second-order valence-corrected chi connectivity index (χ2v) is 13.1. The number of aromatic nitrogens is 2. The van der Waals surface area contributed by atoms with Crippen molar-refractivity contribution in [1.82, 2.24) is 14.3 Å². The van der Waals surface area contributed by atoms with Gasteiger partial charge in [-0.25, -0.2) is 26.5 Å². The second-order valence-electron chi connectivity index (χ2n) is 9.40. The summed E-state index contributed by atoms with van der Waals surface area (Å²) >= 11 is 0. The number of sulfonamides is 1. The van der Waals surface area contributed by atoms with Crippen LogP contribution < -0.4 is 10.0 Å². The van der Waals surface area contributed by atoms with Gasteiger partial charge in [-0.3, -0.25) is 0 Å². The van der Waals surface area contributed by atoms with Crippen molar-refractivity contribution in [3.05, 3.63) is 66.7 Å². The van der Waals surface area contributed by atoms with Crippen LogP contribution >= 0.6 is 0 Å². The zero-order valence-corrected chi connectivity index (χ0v) is 23.3. The number of benzene rings is 2. The van der Waals surface area contributed by atoms with Gasteiger partial charge in [0.2, 0.25) is 19.9 Å². The van der Waals surface area contributed by atoms with E-state index in [1.165, 1.54) is 24.3 Å². The van der Waals surface area contributed by atoms with Gasteiger partial charge in [-0.1, -0.05) is 40.2 Å². The molecule has 0 saturated carbocycles. The van der Waals surface area contributed by atoms with Gasteiger partial charge in [-0.05, 0) is 53.8 Å². The lowest BCUT2D eigenvalue weighted by Crippen LogP contribution is -2.30. The van der Waals surface area contributed by atoms with Gasteiger partial charge in [0, 0.05) is 31.2 Å². The van der Waals surface area contributed by atoms with E-state index in [0.717, 1.165) is 6.42 Å². The van der Waals surface area contributed by atoms with Crippen LogP contribution in [0.3, 0.4) is 0 Å². The van der Waals surface area contributed by atoms with Gasteiger partial charge in [-0.15, -0.1) is 0 Å². The number of nitrogens with one attached hydrogen (secondary N) is 2. The second kappa shape index (κ2) is 12.2. The average molecular weight is 549 g/mol. The summed E-state index contributed by atoms with van der Waals surface area (Å²) in [5.74, 6) is 0.106. The molecule has 2 atom stereocenters. The minimum Gasteiger partial charge on any atom is -0.394 e. The maximum Gasteiger partial charge on any atom is 0.240 e. The summed E-state index contributed by atoms with van der Waals surface area (Å²) in [6, 6.07) is 10.4. The Balaban J connectivity index is 1.88. The molecule has 0 bridgehead atoms. The predicted octanol–water partition coefficient (Wildman–Crippen LogP) is 3.64. The van der Waals surface area contributed by atoms with E-state index >= 15 is 0 Å². The van der Waals surface area contributed by atoms with Crippen LogP contribution in [0.5, 0.6) is 0 Å². The fourth-order valence-corrected chi connectivity index (χ4v) is 6.70. The number of aliphatic hydroxyl groups is 1. The highest BCUT2D eigenvalue weighted by Crippen LogP contribution is 2.30. The molecule has 0 radical (unpaired) electrons. The Morgan fingerprint density at radius 2 is 1.68 bits per heavy atom. The molecule has 0 spiro atoms. The van der Waals surface area contributed by atoms with Gasteiger partial charge in [0.25, 0.3) is 0 Å². The van der Waals surface area contributed by atoms with Crippen molar-refractivity contribution in [2.24, 2.45) is 5.92 Å². The van der Waals surface area contributed by atoms with E-state index in [0.29, 0.717) is 17.8 Å². The van der Waals surface area contributed by atoms with Crippen LogP contribution in [0, 0.1) is 5.92 Å². The fraction of sp³-hybridized carbons (Fsp3) is 0.423. The molecule has 9 nitrogen and oxygen atoms in total. The molecule has 2 aromatic carbocycles. The summed E-state index contributed by atoms with van der Waals surface area (Å²) in [6.45, 7) is 8.28. The van der Waals surface area contributed by atoms with E-state index in [9.17, 15) is 21.9 Å². The molecule has 0 saturated heterocycles. The van der Waals surface area contributed by atoms with E-state index in [-0.39, 0.29) is 45.7 Å². The summed E-state index contributed by atoms with van der Waals surface area (Å²) in [5, 5.41) is 12.9. The van der Waals surface area contributed by atoms with Crippen LogP contribution in [0.15, 0.2) is 75.9 Å². The lowest BCUT2D eigenvalue weighted by molar-refractivity contribution is 0.241. The number of nitrogens with zero attached hydrogens (tertiary/aromatic N) is 2. The van der Waals surface area contributed by atoms with Gasteiger partial charge >= 0.3 is 0 Å². The molecule has 0 aliphatic rings. The van der Waals surface area contributed by atoms with Crippen LogP contribution in [-0.2, 0) is 26.4 Å². The van der Waals surface area contributed by atoms with Crippen molar-refractivity contribution in [3.63, 3.8) is 0 Å². The van der Waals surface area contributed by atoms with Crippen LogP contribution in [0.4, 0.5) is 5.69 Å². The Bertz CT molecular complexity index is 1370.